The number of thioether (sulfide) groups is 1. The number of aromatic nitrogens is 4. The van der Waals surface area contributed by atoms with E-state index in [0.29, 0.717) is 18.1 Å². The molecule has 19 heavy (non-hydrogen) atoms. The number of carboxylic acids is 1. The van der Waals surface area contributed by atoms with Crippen LogP contribution in [-0.2, 0) is 4.79 Å². The highest BCUT2D eigenvalue weighted by molar-refractivity contribution is 7.99. The van der Waals surface area contributed by atoms with E-state index in [1.807, 2.05) is 17.9 Å². The summed E-state index contributed by atoms with van der Waals surface area (Å²) in [5.41, 5.74) is 0.804. The van der Waals surface area contributed by atoms with Gasteiger partial charge in [0.2, 0.25) is 0 Å². The van der Waals surface area contributed by atoms with Crippen molar-refractivity contribution in [3.63, 3.8) is 0 Å². The van der Waals surface area contributed by atoms with Crippen molar-refractivity contribution in [2.24, 2.45) is 0 Å². The van der Waals surface area contributed by atoms with Crippen LogP contribution >= 0.6 is 11.8 Å². The molecule has 1 atom stereocenters. The van der Waals surface area contributed by atoms with Crippen molar-refractivity contribution in [2.75, 3.05) is 23.0 Å². The largest absolute Gasteiger partial charge is 0.480 e. The fourth-order valence-electron chi connectivity index (χ4n) is 2.20. The second-order valence-electron chi connectivity index (χ2n) is 4.35. The van der Waals surface area contributed by atoms with E-state index >= 15 is 0 Å². The molecule has 0 spiro atoms. The van der Waals surface area contributed by atoms with Gasteiger partial charge in [-0.15, -0.1) is 0 Å². The number of aryl methyl sites for hydroxylation is 1. The molecule has 1 aliphatic heterocycles. The second kappa shape index (κ2) is 4.69. The molecule has 7 nitrogen and oxygen atoms in total. The van der Waals surface area contributed by atoms with Gasteiger partial charge in [0.05, 0.1) is 0 Å². The average molecular weight is 279 g/mol. The summed E-state index contributed by atoms with van der Waals surface area (Å²) in [7, 11) is 0. The van der Waals surface area contributed by atoms with Gasteiger partial charge in [0.15, 0.2) is 0 Å². The van der Waals surface area contributed by atoms with Crippen LogP contribution in [0.3, 0.4) is 0 Å². The van der Waals surface area contributed by atoms with Gasteiger partial charge in [0.1, 0.15) is 18.2 Å². The van der Waals surface area contributed by atoms with Gasteiger partial charge in [-0.25, -0.2) is 9.78 Å². The molecule has 0 aromatic carbocycles. The third-order valence-electron chi connectivity index (χ3n) is 3.07. The SMILES string of the molecule is Cc1cc(N2CCSCC2C(=O)O)n2ncnc2n1. The van der Waals surface area contributed by atoms with Gasteiger partial charge in [-0.2, -0.15) is 26.4 Å². The first kappa shape index (κ1) is 12.2. The van der Waals surface area contributed by atoms with Gasteiger partial charge >= 0.3 is 5.97 Å². The van der Waals surface area contributed by atoms with Crippen LogP contribution < -0.4 is 4.90 Å². The summed E-state index contributed by atoms with van der Waals surface area (Å²) < 4.78 is 1.60. The number of nitrogens with zero attached hydrogens (tertiary/aromatic N) is 5. The first-order valence-corrected chi connectivity index (χ1v) is 7.07. The van der Waals surface area contributed by atoms with Crippen LogP contribution in [0.4, 0.5) is 5.82 Å². The Bertz CT molecular complexity index is 629. The Labute approximate surface area is 113 Å². The molecule has 0 bridgehead atoms. The first-order valence-electron chi connectivity index (χ1n) is 5.91. The summed E-state index contributed by atoms with van der Waals surface area (Å²) >= 11 is 1.66. The molecule has 1 N–H and O–H groups in total. The predicted molar refractivity (Wildman–Crippen MR) is 71.6 cm³/mol. The highest BCUT2D eigenvalue weighted by Crippen LogP contribution is 2.24. The number of carboxylic acid groups (broad SMARTS) is 1. The fraction of sp³-hybridized carbons (Fsp3) is 0.455. The van der Waals surface area contributed by atoms with Gasteiger partial charge in [0, 0.05) is 29.8 Å². The van der Waals surface area contributed by atoms with Crippen LogP contribution in [0.2, 0.25) is 0 Å². The van der Waals surface area contributed by atoms with E-state index in [9.17, 15) is 9.90 Å². The maximum absolute atomic E-state index is 11.4. The molecule has 3 heterocycles. The average Bonchev–Trinajstić information content (AvgIpc) is 2.85. The molecule has 0 radical (unpaired) electrons. The minimum atomic E-state index is -0.810. The molecular formula is C11H13N5O2S. The molecule has 1 unspecified atom stereocenters. The molecule has 1 saturated heterocycles. The number of carbonyl (C=O) groups is 1. The lowest BCUT2D eigenvalue weighted by atomic mass is 10.2. The van der Waals surface area contributed by atoms with Gasteiger partial charge in [-0.1, -0.05) is 0 Å². The van der Waals surface area contributed by atoms with Crippen LogP contribution in [0.25, 0.3) is 5.78 Å². The zero-order chi connectivity index (χ0) is 13.4. The minimum absolute atomic E-state index is 0.498. The third-order valence-corrected chi connectivity index (χ3v) is 4.09. The van der Waals surface area contributed by atoms with Gasteiger partial charge in [0.25, 0.3) is 5.78 Å². The van der Waals surface area contributed by atoms with Crippen LogP contribution in [-0.4, -0.2) is 54.8 Å². The Morgan fingerprint density at radius 3 is 3.21 bits per heavy atom. The Morgan fingerprint density at radius 2 is 2.42 bits per heavy atom. The molecule has 1 fully saturated rings. The summed E-state index contributed by atoms with van der Waals surface area (Å²) in [4.78, 5) is 21.6. The topological polar surface area (TPSA) is 83.6 Å². The van der Waals surface area contributed by atoms with Gasteiger partial charge in [-0.3, -0.25) is 0 Å². The van der Waals surface area contributed by atoms with Gasteiger partial charge in [-0.05, 0) is 6.92 Å². The third kappa shape index (κ3) is 2.12. The molecule has 100 valence electrons. The lowest BCUT2D eigenvalue weighted by Gasteiger charge is -2.34. The van der Waals surface area contributed by atoms with Crippen molar-refractivity contribution in [2.45, 2.75) is 13.0 Å². The quantitative estimate of drug-likeness (QED) is 0.853. The van der Waals surface area contributed by atoms with E-state index in [-0.39, 0.29) is 0 Å². The molecule has 0 aliphatic carbocycles. The summed E-state index contributed by atoms with van der Waals surface area (Å²) in [6, 6.07) is 1.32. The molecule has 0 amide bonds. The Kier molecular flexibility index (Phi) is 3.02. The molecule has 2 aromatic rings. The normalized spacial score (nSPS) is 19.8. The predicted octanol–water partition coefficient (Wildman–Crippen LogP) is 0.439. The van der Waals surface area contributed by atoms with E-state index in [4.69, 9.17) is 0 Å². The van der Waals surface area contributed by atoms with Crippen LogP contribution in [0, 0.1) is 6.92 Å². The van der Waals surface area contributed by atoms with E-state index in [1.165, 1.54) is 6.33 Å². The summed E-state index contributed by atoms with van der Waals surface area (Å²) in [6.45, 7) is 2.55. The number of anilines is 1. The zero-order valence-corrected chi connectivity index (χ0v) is 11.2. The number of hydrogen-bond acceptors (Lipinski definition) is 6. The number of fused-ring (bicyclic) bond motifs is 1. The molecule has 3 rings (SSSR count). The Hall–Kier alpha value is -1.83. The van der Waals surface area contributed by atoms with E-state index in [1.54, 1.807) is 16.3 Å². The van der Waals surface area contributed by atoms with Crippen molar-refractivity contribution in [1.29, 1.82) is 0 Å². The molecule has 0 saturated carbocycles. The maximum Gasteiger partial charge on any atom is 0.327 e. The smallest absolute Gasteiger partial charge is 0.327 e. The Morgan fingerprint density at radius 1 is 1.58 bits per heavy atom. The molecule has 1 aliphatic rings. The second-order valence-corrected chi connectivity index (χ2v) is 5.50. The first-order chi connectivity index (χ1) is 9.16. The van der Waals surface area contributed by atoms with Crippen molar-refractivity contribution in [3.8, 4) is 0 Å². The van der Waals surface area contributed by atoms with Crippen molar-refractivity contribution in [3.05, 3.63) is 18.1 Å². The van der Waals surface area contributed by atoms with Crippen LogP contribution in [0.5, 0.6) is 0 Å². The number of hydrogen-bond donors (Lipinski definition) is 1. The fourth-order valence-corrected chi connectivity index (χ4v) is 3.24. The van der Waals surface area contributed by atoms with Crippen molar-refractivity contribution < 1.29 is 9.90 Å². The highest BCUT2D eigenvalue weighted by Gasteiger charge is 2.30. The summed E-state index contributed by atoms with van der Waals surface area (Å²) in [5.74, 6) is 1.91. The number of rotatable bonds is 2. The van der Waals surface area contributed by atoms with Crippen LogP contribution in [0.1, 0.15) is 5.69 Å². The highest BCUT2D eigenvalue weighted by atomic mass is 32.2. The van der Waals surface area contributed by atoms with Crippen molar-refractivity contribution >= 4 is 29.3 Å². The maximum atomic E-state index is 11.4. The van der Waals surface area contributed by atoms with E-state index in [0.717, 1.165) is 17.3 Å². The number of aliphatic carboxylic acids is 1. The monoisotopic (exact) mass is 279 g/mol. The molecule has 8 heteroatoms. The lowest BCUT2D eigenvalue weighted by Crippen LogP contribution is -2.48. The standard InChI is InChI=1S/C11H13N5O2S/c1-7-4-9(16-11(14-7)12-6-13-16)15-2-3-19-5-8(15)10(17)18/h4,6,8H,2-3,5H2,1H3,(H,17,18). The Balaban J connectivity index is 2.11. The zero-order valence-electron chi connectivity index (χ0n) is 10.4. The molecular weight excluding hydrogens is 266 g/mol. The van der Waals surface area contributed by atoms with E-state index < -0.39 is 12.0 Å². The minimum Gasteiger partial charge on any atom is -0.480 e. The summed E-state index contributed by atoms with van der Waals surface area (Å²) in [6.07, 6.45) is 1.43. The van der Waals surface area contributed by atoms with Gasteiger partial charge < -0.3 is 10.0 Å². The lowest BCUT2D eigenvalue weighted by molar-refractivity contribution is -0.138. The van der Waals surface area contributed by atoms with Crippen molar-refractivity contribution in [1.82, 2.24) is 19.6 Å². The van der Waals surface area contributed by atoms with Crippen LogP contribution in [0.15, 0.2) is 12.4 Å². The van der Waals surface area contributed by atoms with E-state index in [2.05, 4.69) is 15.1 Å². The molecule has 2 aromatic heterocycles. The summed E-state index contributed by atoms with van der Waals surface area (Å²) in [5, 5.41) is 13.5.